The predicted molar refractivity (Wildman–Crippen MR) is 105 cm³/mol. The highest BCUT2D eigenvalue weighted by molar-refractivity contribution is 5.91. The standard InChI is InChI=1S/C19H23N5O3/c1-22(2)15-8-6-14(7-9-15)21-17(25)13-24-16-5-4-10-20-18(16)23(19(24)26)11-12-27-3/h4-10H,11-13H2,1-3H3,(H,21,25). The highest BCUT2D eigenvalue weighted by atomic mass is 16.5. The minimum absolute atomic E-state index is 0.0869. The summed E-state index contributed by atoms with van der Waals surface area (Å²) < 4.78 is 8.02. The third kappa shape index (κ3) is 4.01. The lowest BCUT2D eigenvalue weighted by Crippen LogP contribution is -2.30. The van der Waals surface area contributed by atoms with Gasteiger partial charge in [-0.1, -0.05) is 0 Å². The average Bonchev–Trinajstić information content (AvgIpc) is 2.92. The second-order valence-electron chi connectivity index (χ2n) is 6.35. The summed E-state index contributed by atoms with van der Waals surface area (Å²) >= 11 is 0. The van der Waals surface area contributed by atoms with Crippen LogP contribution in [0.1, 0.15) is 0 Å². The van der Waals surface area contributed by atoms with E-state index in [0.717, 1.165) is 5.69 Å². The van der Waals surface area contributed by atoms with Crippen LogP contribution in [0.2, 0.25) is 0 Å². The molecule has 0 spiro atoms. The van der Waals surface area contributed by atoms with Crippen LogP contribution in [0.15, 0.2) is 47.4 Å². The lowest BCUT2D eigenvalue weighted by atomic mass is 10.2. The van der Waals surface area contributed by atoms with E-state index >= 15 is 0 Å². The van der Waals surface area contributed by atoms with Crippen molar-refractivity contribution >= 4 is 28.4 Å². The number of ether oxygens (including phenoxy) is 1. The second-order valence-corrected chi connectivity index (χ2v) is 6.35. The highest BCUT2D eigenvalue weighted by Gasteiger charge is 2.16. The maximum atomic E-state index is 12.7. The normalized spacial score (nSPS) is 10.9. The van der Waals surface area contributed by atoms with Crippen LogP contribution in [0, 0.1) is 0 Å². The van der Waals surface area contributed by atoms with Crippen LogP contribution in [0.5, 0.6) is 0 Å². The molecule has 0 saturated carbocycles. The van der Waals surface area contributed by atoms with E-state index in [1.807, 2.05) is 43.3 Å². The van der Waals surface area contributed by atoms with E-state index in [0.29, 0.717) is 30.0 Å². The molecule has 3 aromatic rings. The summed E-state index contributed by atoms with van der Waals surface area (Å²) in [7, 11) is 5.48. The van der Waals surface area contributed by atoms with Crippen molar-refractivity contribution in [3.8, 4) is 0 Å². The monoisotopic (exact) mass is 369 g/mol. The number of methoxy groups -OCH3 is 1. The van der Waals surface area contributed by atoms with Crippen molar-refractivity contribution in [1.29, 1.82) is 0 Å². The molecular weight excluding hydrogens is 346 g/mol. The zero-order valence-electron chi connectivity index (χ0n) is 15.7. The summed E-state index contributed by atoms with van der Waals surface area (Å²) in [5.41, 5.74) is 2.61. The van der Waals surface area contributed by atoms with Crippen molar-refractivity contribution in [2.24, 2.45) is 0 Å². The third-order valence-electron chi connectivity index (χ3n) is 4.26. The first-order valence-corrected chi connectivity index (χ1v) is 8.61. The fraction of sp³-hybridized carbons (Fsp3) is 0.316. The Morgan fingerprint density at radius 1 is 1.19 bits per heavy atom. The Morgan fingerprint density at radius 3 is 2.59 bits per heavy atom. The molecule has 1 N–H and O–H groups in total. The number of rotatable bonds is 7. The lowest BCUT2D eigenvalue weighted by Gasteiger charge is -2.13. The Hall–Kier alpha value is -3.13. The number of carbonyl (C=O) groups excluding carboxylic acids is 1. The maximum Gasteiger partial charge on any atom is 0.330 e. The zero-order valence-corrected chi connectivity index (χ0v) is 15.7. The van der Waals surface area contributed by atoms with Gasteiger partial charge in [-0.2, -0.15) is 0 Å². The van der Waals surface area contributed by atoms with E-state index in [1.54, 1.807) is 25.4 Å². The number of carbonyl (C=O) groups is 1. The number of benzene rings is 1. The molecule has 0 aliphatic heterocycles. The number of aromatic nitrogens is 3. The van der Waals surface area contributed by atoms with E-state index < -0.39 is 0 Å². The lowest BCUT2D eigenvalue weighted by molar-refractivity contribution is -0.116. The molecule has 0 atom stereocenters. The SMILES string of the molecule is COCCn1c(=O)n(CC(=O)Nc2ccc(N(C)C)cc2)c2cccnc21. The van der Waals surface area contributed by atoms with Gasteiger partial charge in [0.2, 0.25) is 5.91 Å². The molecule has 1 aromatic carbocycles. The molecule has 0 aliphatic carbocycles. The Kier molecular flexibility index (Phi) is 5.56. The van der Waals surface area contributed by atoms with E-state index in [1.165, 1.54) is 9.13 Å². The molecule has 142 valence electrons. The van der Waals surface area contributed by atoms with E-state index in [2.05, 4.69) is 10.3 Å². The van der Waals surface area contributed by atoms with Gasteiger partial charge in [0.05, 0.1) is 18.7 Å². The molecule has 8 nitrogen and oxygen atoms in total. The van der Waals surface area contributed by atoms with E-state index in [9.17, 15) is 9.59 Å². The number of hydrogen-bond donors (Lipinski definition) is 1. The van der Waals surface area contributed by atoms with E-state index in [4.69, 9.17) is 4.74 Å². The topological polar surface area (TPSA) is 81.4 Å². The molecule has 2 aromatic heterocycles. The van der Waals surface area contributed by atoms with Crippen LogP contribution < -0.4 is 15.9 Å². The van der Waals surface area contributed by atoms with Gasteiger partial charge < -0.3 is 15.0 Å². The van der Waals surface area contributed by atoms with Gasteiger partial charge >= 0.3 is 5.69 Å². The minimum atomic E-state index is -0.279. The van der Waals surface area contributed by atoms with Crippen LogP contribution in [0.3, 0.4) is 0 Å². The van der Waals surface area contributed by atoms with Crippen LogP contribution in [-0.4, -0.2) is 47.8 Å². The van der Waals surface area contributed by atoms with Crippen molar-refractivity contribution in [3.63, 3.8) is 0 Å². The third-order valence-corrected chi connectivity index (χ3v) is 4.26. The number of amides is 1. The van der Waals surface area contributed by atoms with Crippen molar-refractivity contribution in [3.05, 3.63) is 53.1 Å². The van der Waals surface area contributed by atoms with Crippen LogP contribution in [0.4, 0.5) is 11.4 Å². The molecular formula is C19H23N5O3. The molecule has 0 aliphatic rings. The number of pyridine rings is 1. The average molecular weight is 369 g/mol. The fourth-order valence-corrected chi connectivity index (χ4v) is 2.87. The zero-order chi connectivity index (χ0) is 19.4. The highest BCUT2D eigenvalue weighted by Crippen LogP contribution is 2.16. The smallest absolute Gasteiger partial charge is 0.330 e. The van der Waals surface area contributed by atoms with Crippen LogP contribution in [0.25, 0.3) is 11.2 Å². The predicted octanol–water partition coefficient (Wildman–Crippen LogP) is 1.55. The van der Waals surface area contributed by atoms with Gasteiger partial charge in [-0.05, 0) is 36.4 Å². The van der Waals surface area contributed by atoms with Crippen molar-refractivity contribution in [2.45, 2.75) is 13.1 Å². The first-order valence-electron chi connectivity index (χ1n) is 8.61. The number of nitrogens with zero attached hydrogens (tertiary/aromatic N) is 4. The first kappa shape index (κ1) is 18.7. The minimum Gasteiger partial charge on any atom is -0.383 e. The summed E-state index contributed by atoms with van der Waals surface area (Å²) in [6.07, 6.45) is 1.63. The molecule has 0 unspecified atom stereocenters. The first-order chi connectivity index (χ1) is 13.0. The largest absolute Gasteiger partial charge is 0.383 e. The van der Waals surface area contributed by atoms with Gasteiger partial charge in [0.1, 0.15) is 6.54 Å². The summed E-state index contributed by atoms with van der Waals surface area (Å²) in [6, 6.07) is 11.0. The summed E-state index contributed by atoms with van der Waals surface area (Å²) in [4.78, 5) is 31.5. The Balaban J connectivity index is 1.82. The number of nitrogens with one attached hydrogen (secondary N) is 1. The summed E-state index contributed by atoms with van der Waals surface area (Å²) in [5.74, 6) is -0.274. The quantitative estimate of drug-likeness (QED) is 0.683. The summed E-state index contributed by atoms with van der Waals surface area (Å²) in [5, 5.41) is 2.83. The maximum absolute atomic E-state index is 12.7. The number of imidazole rings is 1. The van der Waals surface area contributed by atoms with Gasteiger partial charge in [-0.15, -0.1) is 0 Å². The van der Waals surface area contributed by atoms with Crippen molar-refractivity contribution < 1.29 is 9.53 Å². The Labute approximate surface area is 157 Å². The number of hydrogen-bond acceptors (Lipinski definition) is 5. The van der Waals surface area contributed by atoms with Crippen LogP contribution >= 0.6 is 0 Å². The van der Waals surface area contributed by atoms with Gasteiger partial charge in [0.25, 0.3) is 0 Å². The number of anilines is 2. The Bertz CT molecular complexity index is 989. The summed E-state index contributed by atoms with van der Waals surface area (Å²) in [6.45, 7) is 0.680. The van der Waals surface area contributed by atoms with Gasteiger partial charge in [0.15, 0.2) is 5.65 Å². The van der Waals surface area contributed by atoms with E-state index in [-0.39, 0.29) is 18.1 Å². The van der Waals surface area contributed by atoms with Gasteiger partial charge in [0, 0.05) is 38.8 Å². The molecule has 3 rings (SSSR count). The molecule has 27 heavy (non-hydrogen) atoms. The molecule has 0 bridgehead atoms. The Morgan fingerprint density at radius 2 is 1.93 bits per heavy atom. The fourth-order valence-electron chi connectivity index (χ4n) is 2.87. The number of fused-ring (bicyclic) bond motifs is 1. The molecule has 0 fully saturated rings. The molecule has 8 heteroatoms. The molecule has 0 saturated heterocycles. The molecule has 0 radical (unpaired) electrons. The van der Waals surface area contributed by atoms with Crippen molar-refractivity contribution in [1.82, 2.24) is 14.1 Å². The molecule has 2 heterocycles. The molecule has 1 amide bonds. The van der Waals surface area contributed by atoms with Crippen LogP contribution in [-0.2, 0) is 22.6 Å². The van der Waals surface area contributed by atoms with Gasteiger partial charge in [-0.3, -0.25) is 13.9 Å². The van der Waals surface area contributed by atoms with Gasteiger partial charge in [-0.25, -0.2) is 9.78 Å². The van der Waals surface area contributed by atoms with Crippen molar-refractivity contribution in [2.75, 3.05) is 38.0 Å². The second kappa shape index (κ2) is 8.05.